The van der Waals surface area contributed by atoms with Crippen LogP contribution in [0, 0.1) is 17.8 Å². The first-order valence-electron chi connectivity index (χ1n) is 5.65. The number of fused-ring (bicyclic) bond motifs is 1. The van der Waals surface area contributed by atoms with Gasteiger partial charge in [0.1, 0.15) is 0 Å². The molecule has 0 unspecified atom stereocenters. The SMILES string of the molecule is C=C[C@@]12C[C@@H](CC)[C@H](CO)[C@@H]1CCO2. The Bertz CT molecular complexity index is 226. The fraction of sp³-hybridized carbons (Fsp3) is 0.833. The third kappa shape index (κ3) is 1.24. The minimum Gasteiger partial charge on any atom is -0.396 e. The van der Waals surface area contributed by atoms with Gasteiger partial charge in [-0.1, -0.05) is 19.4 Å². The van der Waals surface area contributed by atoms with Crippen molar-refractivity contribution in [1.82, 2.24) is 0 Å². The molecule has 80 valence electrons. The number of aliphatic hydroxyl groups excluding tert-OH is 1. The van der Waals surface area contributed by atoms with Crippen molar-refractivity contribution in [3.8, 4) is 0 Å². The van der Waals surface area contributed by atoms with Crippen molar-refractivity contribution in [1.29, 1.82) is 0 Å². The van der Waals surface area contributed by atoms with Crippen LogP contribution < -0.4 is 0 Å². The van der Waals surface area contributed by atoms with Crippen molar-refractivity contribution >= 4 is 0 Å². The minimum absolute atomic E-state index is 0.103. The summed E-state index contributed by atoms with van der Waals surface area (Å²) in [5.41, 5.74) is -0.103. The van der Waals surface area contributed by atoms with Crippen molar-refractivity contribution < 1.29 is 9.84 Å². The summed E-state index contributed by atoms with van der Waals surface area (Å²) >= 11 is 0. The van der Waals surface area contributed by atoms with Crippen molar-refractivity contribution in [3.05, 3.63) is 12.7 Å². The lowest BCUT2D eigenvalue weighted by atomic mass is 9.84. The molecule has 2 fully saturated rings. The fourth-order valence-corrected chi connectivity index (χ4v) is 3.42. The van der Waals surface area contributed by atoms with E-state index >= 15 is 0 Å². The number of hydrogen-bond donors (Lipinski definition) is 1. The van der Waals surface area contributed by atoms with Crippen LogP contribution in [-0.4, -0.2) is 23.9 Å². The molecule has 2 nitrogen and oxygen atoms in total. The Morgan fingerprint density at radius 1 is 1.64 bits per heavy atom. The standard InChI is InChI=1S/C12H20O2/c1-3-9-7-12(4-2)11(5-6-14-12)10(9)8-13/h4,9-11,13H,2-3,5-8H2,1H3/t9-,10+,11+,12-/m1/s1. The Morgan fingerprint density at radius 3 is 3.00 bits per heavy atom. The molecule has 14 heavy (non-hydrogen) atoms. The van der Waals surface area contributed by atoms with Gasteiger partial charge in [0.15, 0.2) is 0 Å². The molecule has 1 saturated carbocycles. The van der Waals surface area contributed by atoms with E-state index in [9.17, 15) is 5.11 Å². The summed E-state index contributed by atoms with van der Waals surface area (Å²) in [7, 11) is 0. The quantitative estimate of drug-likeness (QED) is 0.699. The predicted molar refractivity (Wildman–Crippen MR) is 56.0 cm³/mol. The van der Waals surface area contributed by atoms with Crippen molar-refractivity contribution in [2.45, 2.75) is 31.8 Å². The van der Waals surface area contributed by atoms with Crippen LogP contribution >= 0.6 is 0 Å². The Balaban J connectivity index is 2.23. The maximum atomic E-state index is 9.43. The highest BCUT2D eigenvalue weighted by Gasteiger charge is 2.54. The van der Waals surface area contributed by atoms with E-state index in [-0.39, 0.29) is 5.60 Å². The van der Waals surface area contributed by atoms with Crippen LogP contribution in [0.5, 0.6) is 0 Å². The molecule has 1 N–H and O–H groups in total. The third-order valence-corrected chi connectivity index (χ3v) is 4.21. The zero-order chi connectivity index (χ0) is 10.2. The second-order valence-corrected chi connectivity index (χ2v) is 4.62. The number of hydrogen-bond acceptors (Lipinski definition) is 2. The first kappa shape index (κ1) is 10.2. The van der Waals surface area contributed by atoms with Gasteiger partial charge in [0.2, 0.25) is 0 Å². The molecule has 1 heterocycles. The van der Waals surface area contributed by atoms with E-state index in [1.807, 2.05) is 6.08 Å². The minimum atomic E-state index is -0.103. The predicted octanol–water partition coefficient (Wildman–Crippen LogP) is 1.99. The maximum Gasteiger partial charge on any atom is 0.0895 e. The monoisotopic (exact) mass is 196 g/mol. The summed E-state index contributed by atoms with van der Waals surface area (Å²) < 4.78 is 5.85. The summed E-state index contributed by atoms with van der Waals surface area (Å²) in [6.45, 7) is 7.25. The highest BCUT2D eigenvalue weighted by molar-refractivity contribution is 5.13. The first-order chi connectivity index (χ1) is 6.77. The molecule has 0 bridgehead atoms. The lowest BCUT2D eigenvalue weighted by Gasteiger charge is -2.25. The van der Waals surface area contributed by atoms with Crippen LogP contribution in [0.2, 0.25) is 0 Å². The van der Waals surface area contributed by atoms with Crippen LogP contribution in [0.15, 0.2) is 12.7 Å². The molecule has 4 atom stereocenters. The summed E-state index contributed by atoms with van der Waals surface area (Å²) in [4.78, 5) is 0. The van der Waals surface area contributed by atoms with Gasteiger partial charge in [-0.15, -0.1) is 6.58 Å². The third-order valence-electron chi connectivity index (χ3n) is 4.21. The van der Waals surface area contributed by atoms with Gasteiger partial charge in [-0.3, -0.25) is 0 Å². The molecule has 2 rings (SSSR count). The smallest absolute Gasteiger partial charge is 0.0895 e. The molecule has 1 aliphatic carbocycles. The zero-order valence-electron chi connectivity index (χ0n) is 8.91. The average molecular weight is 196 g/mol. The van der Waals surface area contributed by atoms with Crippen LogP contribution in [0.3, 0.4) is 0 Å². The van der Waals surface area contributed by atoms with E-state index in [1.54, 1.807) is 0 Å². The van der Waals surface area contributed by atoms with Crippen molar-refractivity contribution in [2.75, 3.05) is 13.2 Å². The zero-order valence-corrected chi connectivity index (χ0v) is 8.91. The summed E-state index contributed by atoms with van der Waals surface area (Å²) in [6, 6.07) is 0. The lowest BCUT2D eigenvalue weighted by Crippen LogP contribution is -2.30. The highest BCUT2D eigenvalue weighted by atomic mass is 16.5. The van der Waals surface area contributed by atoms with E-state index < -0.39 is 0 Å². The van der Waals surface area contributed by atoms with Gasteiger partial charge in [0.05, 0.1) is 5.60 Å². The van der Waals surface area contributed by atoms with E-state index in [1.165, 1.54) is 0 Å². The van der Waals surface area contributed by atoms with E-state index in [4.69, 9.17) is 4.74 Å². The van der Waals surface area contributed by atoms with Gasteiger partial charge >= 0.3 is 0 Å². The van der Waals surface area contributed by atoms with Gasteiger partial charge < -0.3 is 9.84 Å². The molecule has 0 aromatic rings. The van der Waals surface area contributed by atoms with Crippen molar-refractivity contribution in [3.63, 3.8) is 0 Å². The Morgan fingerprint density at radius 2 is 2.43 bits per heavy atom. The van der Waals surface area contributed by atoms with Gasteiger partial charge in [-0.05, 0) is 30.6 Å². The number of aliphatic hydroxyl groups is 1. The molecule has 0 amide bonds. The maximum absolute atomic E-state index is 9.43. The highest BCUT2D eigenvalue weighted by Crippen LogP contribution is 2.53. The Labute approximate surface area is 86.0 Å². The van der Waals surface area contributed by atoms with Gasteiger partial charge in [0, 0.05) is 13.2 Å². The average Bonchev–Trinajstić information content (AvgIpc) is 2.72. The second kappa shape index (κ2) is 3.67. The normalized spacial score (nSPS) is 46.6. The molecule has 0 aromatic heterocycles. The molecular formula is C12H20O2. The summed E-state index contributed by atoms with van der Waals surface area (Å²) in [5, 5.41) is 9.43. The number of rotatable bonds is 3. The molecule has 0 spiro atoms. The molecule has 2 heteroatoms. The number of ether oxygens (including phenoxy) is 1. The van der Waals surface area contributed by atoms with E-state index in [0.29, 0.717) is 24.4 Å². The topological polar surface area (TPSA) is 29.5 Å². The largest absolute Gasteiger partial charge is 0.396 e. The van der Waals surface area contributed by atoms with Gasteiger partial charge in [-0.25, -0.2) is 0 Å². The molecule has 0 aromatic carbocycles. The molecule has 0 radical (unpaired) electrons. The van der Waals surface area contributed by atoms with E-state index in [0.717, 1.165) is 25.9 Å². The summed E-state index contributed by atoms with van der Waals surface area (Å²) in [6.07, 6.45) is 5.26. The summed E-state index contributed by atoms with van der Waals surface area (Å²) in [5.74, 6) is 1.55. The van der Waals surface area contributed by atoms with Gasteiger partial charge in [0.25, 0.3) is 0 Å². The fourth-order valence-electron chi connectivity index (χ4n) is 3.42. The Kier molecular flexibility index (Phi) is 2.67. The van der Waals surface area contributed by atoms with Crippen LogP contribution in [0.25, 0.3) is 0 Å². The molecular weight excluding hydrogens is 176 g/mol. The Hall–Kier alpha value is -0.340. The molecule has 2 aliphatic rings. The van der Waals surface area contributed by atoms with Crippen molar-refractivity contribution in [2.24, 2.45) is 17.8 Å². The van der Waals surface area contributed by atoms with Crippen LogP contribution in [0.4, 0.5) is 0 Å². The molecule has 1 aliphatic heterocycles. The first-order valence-corrected chi connectivity index (χ1v) is 5.65. The lowest BCUT2D eigenvalue weighted by molar-refractivity contribution is 0.0271. The van der Waals surface area contributed by atoms with E-state index in [2.05, 4.69) is 13.5 Å². The molecule has 1 saturated heterocycles. The van der Waals surface area contributed by atoms with Gasteiger partial charge in [-0.2, -0.15) is 0 Å². The second-order valence-electron chi connectivity index (χ2n) is 4.62. The van der Waals surface area contributed by atoms with Crippen LogP contribution in [0.1, 0.15) is 26.2 Å². The van der Waals surface area contributed by atoms with Crippen LogP contribution in [-0.2, 0) is 4.74 Å².